The van der Waals surface area contributed by atoms with E-state index in [0.29, 0.717) is 5.92 Å². The predicted molar refractivity (Wildman–Crippen MR) is 127 cm³/mol. The van der Waals surface area contributed by atoms with Crippen LogP contribution in [-0.2, 0) is 6.42 Å². The fourth-order valence-corrected chi connectivity index (χ4v) is 3.96. The van der Waals surface area contributed by atoms with Crippen LogP contribution < -0.4 is 15.4 Å². The first-order valence-electron chi connectivity index (χ1n) is 11.9. The maximum atomic E-state index is 6.26. The molecule has 1 saturated carbocycles. The van der Waals surface area contributed by atoms with Gasteiger partial charge in [-0.1, -0.05) is 44.4 Å². The van der Waals surface area contributed by atoms with E-state index in [-0.39, 0.29) is 0 Å². The predicted octanol–water partition coefficient (Wildman–Crippen LogP) is 5.98. The molecule has 2 N–H and O–H groups in total. The normalized spacial score (nSPS) is 14.7. The second kappa shape index (κ2) is 13.8. The van der Waals surface area contributed by atoms with Crippen LogP contribution in [0, 0.1) is 5.92 Å². The standard InChI is InChI=1S/C26H44N2O/c1-5-23-19-25(15-16-26(23)21(2)3)29-20-22(12-8-10-17-27-4)11-7-6-9-18-28-24-13-14-24/h15-16,19,22,24,27-28H,2,5-14,17-18,20H2,1,3-4H3. The SMILES string of the molecule is C=C(C)c1ccc(OCC(CCCCCNC2CC2)CCCCNC)cc1CC. The molecule has 2 rings (SSSR count). The molecule has 3 heteroatoms. The van der Waals surface area contributed by atoms with Gasteiger partial charge in [0.25, 0.3) is 0 Å². The van der Waals surface area contributed by atoms with Crippen LogP contribution in [0.15, 0.2) is 24.8 Å². The van der Waals surface area contributed by atoms with Crippen molar-refractivity contribution in [2.45, 2.75) is 84.1 Å². The van der Waals surface area contributed by atoms with Crippen molar-refractivity contribution in [3.8, 4) is 5.75 Å². The Morgan fingerprint density at radius 2 is 1.83 bits per heavy atom. The molecule has 0 aromatic heterocycles. The van der Waals surface area contributed by atoms with Crippen molar-refractivity contribution in [1.29, 1.82) is 0 Å². The van der Waals surface area contributed by atoms with Gasteiger partial charge in [0.15, 0.2) is 0 Å². The average Bonchev–Trinajstić information content (AvgIpc) is 3.55. The lowest BCUT2D eigenvalue weighted by molar-refractivity contribution is 0.224. The van der Waals surface area contributed by atoms with Gasteiger partial charge < -0.3 is 15.4 Å². The summed E-state index contributed by atoms with van der Waals surface area (Å²) >= 11 is 0. The molecular weight excluding hydrogens is 356 g/mol. The van der Waals surface area contributed by atoms with Gasteiger partial charge in [-0.15, -0.1) is 0 Å². The van der Waals surface area contributed by atoms with Gasteiger partial charge in [0, 0.05) is 6.04 Å². The van der Waals surface area contributed by atoms with Crippen LogP contribution in [0.4, 0.5) is 0 Å². The summed E-state index contributed by atoms with van der Waals surface area (Å²) in [6.45, 7) is 11.5. The van der Waals surface area contributed by atoms with E-state index in [2.05, 4.69) is 49.3 Å². The number of allylic oxidation sites excluding steroid dienone is 1. The molecule has 29 heavy (non-hydrogen) atoms. The maximum absolute atomic E-state index is 6.26. The van der Waals surface area contributed by atoms with E-state index in [4.69, 9.17) is 4.74 Å². The molecule has 1 unspecified atom stereocenters. The van der Waals surface area contributed by atoms with E-state index >= 15 is 0 Å². The summed E-state index contributed by atoms with van der Waals surface area (Å²) in [5.74, 6) is 1.68. The van der Waals surface area contributed by atoms with Crippen LogP contribution in [0.3, 0.4) is 0 Å². The van der Waals surface area contributed by atoms with E-state index in [1.54, 1.807) is 0 Å². The van der Waals surface area contributed by atoms with Crippen LogP contribution in [-0.4, -0.2) is 32.8 Å². The smallest absolute Gasteiger partial charge is 0.119 e. The molecule has 1 atom stereocenters. The van der Waals surface area contributed by atoms with Crippen molar-refractivity contribution in [1.82, 2.24) is 10.6 Å². The van der Waals surface area contributed by atoms with E-state index < -0.39 is 0 Å². The Labute approximate surface area is 179 Å². The molecule has 0 amide bonds. The summed E-state index contributed by atoms with van der Waals surface area (Å²) in [6.07, 6.45) is 12.9. The Kier molecular flexibility index (Phi) is 11.4. The molecule has 1 aliphatic rings. The molecule has 0 saturated heterocycles. The van der Waals surface area contributed by atoms with Crippen LogP contribution >= 0.6 is 0 Å². The maximum Gasteiger partial charge on any atom is 0.119 e. The first-order chi connectivity index (χ1) is 14.1. The average molecular weight is 401 g/mol. The van der Waals surface area contributed by atoms with E-state index in [1.807, 2.05) is 7.05 Å². The van der Waals surface area contributed by atoms with Crippen molar-refractivity contribution >= 4 is 5.57 Å². The zero-order valence-electron chi connectivity index (χ0n) is 19.2. The summed E-state index contributed by atoms with van der Waals surface area (Å²) in [4.78, 5) is 0. The molecule has 0 spiro atoms. The summed E-state index contributed by atoms with van der Waals surface area (Å²) in [6, 6.07) is 7.34. The molecule has 164 valence electrons. The molecular formula is C26H44N2O. The lowest BCUT2D eigenvalue weighted by atomic mass is 9.96. The number of benzene rings is 1. The number of aryl methyl sites for hydroxylation is 1. The first-order valence-corrected chi connectivity index (χ1v) is 11.9. The van der Waals surface area contributed by atoms with Gasteiger partial charge in [-0.25, -0.2) is 0 Å². The van der Waals surface area contributed by atoms with Gasteiger partial charge in [0.2, 0.25) is 0 Å². The Hall–Kier alpha value is -1.32. The highest BCUT2D eigenvalue weighted by atomic mass is 16.5. The minimum absolute atomic E-state index is 0.661. The van der Waals surface area contributed by atoms with Crippen LogP contribution in [0.1, 0.15) is 82.8 Å². The van der Waals surface area contributed by atoms with E-state index in [9.17, 15) is 0 Å². The number of hydrogen-bond donors (Lipinski definition) is 2. The molecule has 0 aliphatic heterocycles. The number of nitrogens with one attached hydrogen (secondary N) is 2. The highest BCUT2D eigenvalue weighted by Crippen LogP contribution is 2.25. The molecule has 1 aromatic carbocycles. The van der Waals surface area contributed by atoms with Crippen LogP contribution in [0.2, 0.25) is 0 Å². The van der Waals surface area contributed by atoms with Gasteiger partial charge in [-0.3, -0.25) is 0 Å². The Morgan fingerprint density at radius 3 is 2.48 bits per heavy atom. The van der Waals surface area contributed by atoms with Crippen molar-refractivity contribution in [3.63, 3.8) is 0 Å². The Balaban J connectivity index is 1.77. The van der Waals surface area contributed by atoms with Crippen LogP contribution in [0.5, 0.6) is 5.75 Å². The monoisotopic (exact) mass is 400 g/mol. The van der Waals surface area contributed by atoms with E-state index in [0.717, 1.165) is 36.9 Å². The summed E-state index contributed by atoms with van der Waals surface area (Å²) < 4.78 is 6.26. The first kappa shape index (κ1) is 24.0. The van der Waals surface area contributed by atoms with Gasteiger partial charge in [-0.2, -0.15) is 0 Å². The number of unbranched alkanes of at least 4 members (excludes halogenated alkanes) is 3. The summed E-state index contributed by atoms with van der Waals surface area (Å²) in [5, 5.41) is 6.89. The molecule has 1 aromatic rings. The summed E-state index contributed by atoms with van der Waals surface area (Å²) in [7, 11) is 2.04. The Bertz CT molecular complexity index is 594. The minimum atomic E-state index is 0.661. The highest BCUT2D eigenvalue weighted by molar-refractivity contribution is 5.65. The number of ether oxygens (including phenoxy) is 1. The second-order valence-electron chi connectivity index (χ2n) is 8.81. The van der Waals surface area contributed by atoms with Crippen molar-refractivity contribution in [2.24, 2.45) is 5.92 Å². The zero-order valence-corrected chi connectivity index (χ0v) is 19.2. The van der Waals surface area contributed by atoms with Crippen molar-refractivity contribution in [3.05, 3.63) is 35.9 Å². The third-order valence-corrected chi connectivity index (χ3v) is 5.99. The summed E-state index contributed by atoms with van der Waals surface area (Å²) in [5.41, 5.74) is 3.74. The topological polar surface area (TPSA) is 33.3 Å². The number of hydrogen-bond acceptors (Lipinski definition) is 3. The second-order valence-corrected chi connectivity index (χ2v) is 8.81. The van der Waals surface area contributed by atoms with Crippen LogP contribution in [0.25, 0.3) is 5.57 Å². The molecule has 0 bridgehead atoms. The molecule has 1 fully saturated rings. The molecule has 0 heterocycles. The molecule has 0 radical (unpaired) electrons. The third kappa shape index (κ3) is 9.82. The molecule has 1 aliphatic carbocycles. The lowest BCUT2D eigenvalue weighted by Gasteiger charge is -2.19. The fraction of sp³-hybridized carbons (Fsp3) is 0.692. The lowest BCUT2D eigenvalue weighted by Crippen LogP contribution is -2.17. The van der Waals surface area contributed by atoms with Crippen molar-refractivity contribution < 1.29 is 4.74 Å². The fourth-order valence-electron chi connectivity index (χ4n) is 3.96. The minimum Gasteiger partial charge on any atom is -0.493 e. The van der Waals surface area contributed by atoms with Crippen molar-refractivity contribution in [2.75, 3.05) is 26.7 Å². The van der Waals surface area contributed by atoms with Gasteiger partial charge in [0.05, 0.1) is 6.61 Å². The third-order valence-electron chi connectivity index (χ3n) is 5.99. The van der Waals surface area contributed by atoms with Gasteiger partial charge in [0.1, 0.15) is 5.75 Å². The Morgan fingerprint density at radius 1 is 1.10 bits per heavy atom. The van der Waals surface area contributed by atoms with Gasteiger partial charge in [-0.05, 0) is 101 Å². The zero-order chi connectivity index (χ0) is 20.9. The molecule has 3 nitrogen and oxygen atoms in total. The quantitative estimate of drug-likeness (QED) is 0.316. The van der Waals surface area contributed by atoms with Gasteiger partial charge >= 0.3 is 0 Å². The number of rotatable bonds is 17. The largest absolute Gasteiger partial charge is 0.493 e. The highest BCUT2D eigenvalue weighted by Gasteiger charge is 2.19. The van der Waals surface area contributed by atoms with E-state index in [1.165, 1.54) is 75.5 Å².